The minimum atomic E-state index is -0.736. The van der Waals surface area contributed by atoms with E-state index in [9.17, 15) is 9.50 Å². The van der Waals surface area contributed by atoms with Crippen LogP contribution in [0.1, 0.15) is 25.0 Å². The summed E-state index contributed by atoms with van der Waals surface area (Å²) in [6.45, 7) is 3.64. The van der Waals surface area contributed by atoms with Gasteiger partial charge in [-0.15, -0.1) is 0 Å². The van der Waals surface area contributed by atoms with Gasteiger partial charge in [0.15, 0.2) is 0 Å². The highest BCUT2D eigenvalue weighted by Crippen LogP contribution is 2.27. The van der Waals surface area contributed by atoms with Crippen LogP contribution in [0.5, 0.6) is 5.75 Å². The van der Waals surface area contributed by atoms with E-state index in [2.05, 4.69) is 0 Å². The second kappa shape index (κ2) is 5.47. The molecule has 1 unspecified atom stereocenters. The molecule has 0 aromatic heterocycles. The molecule has 1 saturated heterocycles. The molecule has 1 heterocycles. The Labute approximate surface area is 100 Å². The van der Waals surface area contributed by atoms with Gasteiger partial charge in [-0.2, -0.15) is 0 Å². The van der Waals surface area contributed by atoms with Gasteiger partial charge in [0.1, 0.15) is 11.6 Å². The number of hydrogen-bond donors (Lipinski definition) is 1. The third kappa shape index (κ3) is 3.17. The van der Waals surface area contributed by atoms with Crippen molar-refractivity contribution in [3.63, 3.8) is 0 Å². The van der Waals surface area contributed by atoms with Gasteiger partial charge in [-0.25, -0.2) is 4.39 Å². The largest absolute Gasteiger partial charge is 0.493 e. The molecule has 0 spiro atoms. The average molecular weight is 240 g/mol. The van der Waals surface area contributed by atoms with Crippen LogP contribution in [0.25, 0.3) is 0 Å². The molecule has 0 aliphatic carbocycles. The first-order valence-electron chi connectivity index (χ1n) is 5.85. The van der Waals surface area contributed by atoms with E-state index in [-0.39, 0.29) is 5.82 Å². The molecule has 94 valence electrons. The Morgan fingerprint density at radius 1 is 1.59 bits per heavy atom. The Kier molecular flexibility index (Phi) is 3.97. The lowest BCUT2D eigenvalue weighted by Crippen LogP contribution is -2.13. The lowest BCUT2D eigenvalue weighted by Gasteiger charge is -2.15. The number of rotatable bonds is 4. The molecular formula is C13H17FO3. The summed E-state index contributed by atoms with van der Waals surface area (Å²) in [5.41, 5.74) is 0.490. The summed E-state index contributed by atoms with van der Waals surface area (Å²) in [5, 5.41) is 9.55. The monoisotopic (exact) mass is 240 g/mol. The van der Waals surface area contributed by atoms with E-state index < -0.39 is 6.10 Å². The van der Waals surface area contributed by atoms with E-state index in [4.69, 9.17) is 9.47 Å². The van der Waals surface area contributed by atoms with Gasteiger partial charge >= 0.3 is 0 Å². The molecule has 1 aromatic carbocycles. The van der Waals surface area contributed by atoms with Gasteiger partial charge in [0, 0.05) is 18.1 Å². The van der Waals surface area contributed by atoms with Gasteiger partial charge in [0.2, 0.25) is 0 Å². The number of benzene rings is 1. The highest BCUT2D eigenvalue weighted by molar-refractivity contribution is 5.35. The summed E-state index contributed by atoms with van der Waals surface area (Å²) in [7, 11) is 0. The fourth-order valence-corrected chi connectivity index (χ4v) is 1.90. The van der Waals surface area contributed by atoms with Crippen molar-refractivity contribution in [2.75, 3.05) is 19.8 Å². The topological polar surface area (TPSA) is 38.7 Å². The van der Waals surface area contributed by atoms with E-state index >= 15 is 0 Å². The van der Waals surface area contributed by atoms with Crippen molar-refractivity contribution in [1.29, 1.82) is 0 Å². The van der Waals surface area contributed by atoms with Crippen LogP contribution in [0.2, 0.25) is 0 Å². The van der Waals surface area contributed by atoms with Crippen LogP contribution in [0.4, 0.5) is 4.39 Å². The van der Waals surface area contributed by atoms with E-state index in [0.29, 0.717) is 30.4 Å². The van der Waals surface area contributed by atoms with Gasteiger partial charge in [0.05, 0.1) is 19.3 Å². The predicted molar refractivity (Wildman–Crippen MR) is 61.5 cm³/mol. The van der Waals surface area contributed by atoms with Crippen LogP contribution < -0.4 is 4.74 Å². The quantitative estimate of drug-likeness (QED) is 0.877. The molecule has 1 aromatic rings. The van der Waals surface area contributed by atoms with Gasteiger partial charge < -0.3 is 14.6 Å². The molecule has 17 heavy (non-hydrogen) atoms. The molecule has 2 rings (SSSR count). The minimum Gasteiger partial charge on any atom is -0.493 e. The number of ether oxygens (including phenoxy) is 2. The number of aliphatic hydroxyl groups excluding tert-OH is 1. The van der Waals surface area contributed by atoms with Gasteiger partial charge in [0.25, 0.3) is 0 Å². The van der Waals surface area contributed by atoms with Crippen molar-refractivity contribution >= 4 is 0 Å². The summed E-state index contributed by atoms with van der Waals surface area (Å²) in [4.78, 5) is 0. The van der Waals surface area contributed by atoms with Gasteiger partial charge in [-0.1, -0.05) is 0 Å². The van der Waals surface area contributed by atoms with E-state index in [1.54, 1.807) is 13.0 Å². The molecule has 2 atom stereocenters. The molecule has 0 saturated carbocycles. The zero-order chi connectivity index (χ0) is 12.3. The van der Waals surface area contributed by atoms with Crippen molar-refractivity contribution < 1.29 is 19.0 Å². The first-order chi connectivity index (χ1) is 8.16. The third-order valence-corrected chi connectivity index (χ3v) is 2.92. The van der Waals surface area contributed by atoms with Crippen LogP contribution >= 0.6 is 0 Å². The smallest absolute Gasteiger partial charge is 0.125 e. The molecule has 4 heteroatoms. The van der Waals surface area contributed by atoms with Crippen molar-refractivity contribution in [3.8, 4) is 5.75 Å². The molecule has 3 nitrogen and oxygen atoms in total. The lowest BCUT2D eigenvalue weighted by molar-refractivity contribution is 0.161. The molecule has 1 N–H and O–H groups in total. The summed E-state index contributed by atoms with van der Waals surface area (Å²) >= 11 is 0. The Morgan fingerprint density at radius 3 is 3.06 bits per heavy atom. The molecule has 0 radical (unpaired) electrons. The van der Waals surface area contributed by atoms with Crippen LogP contribution in [0.3, 0.4) is 0 Å². The van der Waals surface area contributed by atoms with Crippen LogP contribution in [0.15, 0.2) is 18.2 Å². The highest BCUT2D eigenvalue weighted by atomic mass is 19.1. The second-order valence-electron chi connectivity index (χ2n) is 4.40. The van der Waals surface area contributed by atoms with Crippen molar-refractivity contribution in [2.45, 2.75) is 19.4 Å². The first kappa shape index (κ1) is 12.3. The van der Waals surface area contributed by atoms with Crippen molar-refractivity contribution in [2.24, 2.45) is 5.92 Å². The second-order valence-corrected chi connectivity index (χ2v) is 4.40. The first-order valence-corrected chi connectivity index (χ1v) is 5.85. The Hall–Kier alpha value is -1.13. The fraction of sp³-hybridized carbons (Fsp3) is 0.538. The Morgan fingerprint density at radius 2 is 2.41 bits per heavy atom. The summed E-state index contributed by atoms with van der Waals surface area (Å²) in [6.07, 6.45) is 0.256. The fourth-order valence-electron chi connectivity index (χ4n) is 1.90. The maximum atomic E-state index is 13.1. The predicted octanol–water partition coefficient (Wildman–Crippen LogP) is 2.29. The normalized spacial score (nSPS) is 21.5. The van der Waals surface area contributed by atoms with E-state index in [0.717, 1.165) is 13.0 Å². The number of halogens is 1. The molecule has 1 fully saturated rings. The Bertz CT molecular complexity index is 373. The number of aliphatic hydroxyl groups is 1. The summed E-state index contributed by atoms with van der Waals surface area (Å²) in [6, 6.07) is 4.21. The lowest BCUT2D eigenvalue weighted by atomic mass is 10.1. The van der Waals surface area contributed by atoms with Gasteiger partial charge in [-0.05, 0) is 31.5 Å². The van der Waals surface area contributed by atoms with E-state index in [1.165, 1.54) is 12.1 Å². The standard InChI is InChI=1S/C13H17FO3/c1-9(15)12-6-11(14)2-3-13(12)17-8-10-4-5-16-7-10/h2-3,6,9-10,15H,4-5,7-8H2,1H3/t9-,10?/m1/s1. The SMILES string of the molecule is C[C@@H](O)c1cc(F)ccc1OCC1CCOC1. The van der Waals surface area contributed by atoms with Crippen LogP contribution in [-0.4, -0.2) is 24.9 Å². The molecule has 0 amide bonds. The zero-order valence-electron chi connectivity index (χ0n) is 9.86. The maximum Gasteiger partial charge on any atom is 0.125 e. The molecular weight excluding hydrogens is 223 g/mol. The van der Waals surface area contributed by atoms with Crippen molar-refractivity contribution in [1.82, 2.24) is 0 Å². The van der Waals surface area contributed by atoms with Gasteiger partial charge in [-0.3, -0.25) is 0 Å². The minimum absolute atomic E-state index is 0.363. The summed E-state index contributed by atoms with van der Waals surface area (Å²) in [5.74, 6) is 0.577. The molecule has 1 aliphatic heterocycles. The Balaban J connectivity index is 2.03. The highest BCUT2D eigenvalue weighted by Gasteiger charge is 2.18. The number of hydrogen-bond acceptors (Lipinski definition) is 3. The maximum absolute atomic E-state index is 13.1. The summed E-state index contributed by atoms with van der Waals surface area (Å²) < 4.78 is 23.9. The third-order valence-electron chi connectivity index (χ3n) is 2.92. The zero-order valence-corrected chi connectivity index (χ0v) is 9.86. The molecule has 1 aliphatic rings. The van der Waals surface area contributed by atoms with Crippen LogP contribution in [-0.2, 0) is 4.74 Å². The average Bonchev–Trinajstić information content (AvgIpc) is 2.80. The van der Waals surface area contributed by atoms with Crippen LogP contribution in [0, 0.1) is 11.7 Å². The van der Waals surface area contributed by atoms with Crippen molar-refractivity contribution in [3.05, 3.63) is 29.6 Å². The molecule has 0 bridgehead atoms. The van der Waals surface area contributed by atoms with E-state index in [1.807, 2.05) is 0 Å².